The van der Waals surface area contributed by atoms with E-state index in [1.165, 1.54) is 5.69 Å². The highest BCUT2D eigenvalue weighted by atomic mass is 79.9. The summed E-state index contributed by atoms with van der Waals surface area (Å²) in [5.74, 6) is 0. The minimum Gasteiger partial charge on any atom is -0.384 e. The van der Waals surface area contributed by atoms with Crippen LogP contribution < -0.4 is 5.32 Å². The maximum absolute atomic E-state index is 3.42. The second kappa shape index (κ2) is 6.85. The first-order valence-electron chi connectivity index (χ1n) is 5.48. The molecule has 84 valence electrons. The van der Waals surface area contributed by atoms with Crippen LogP contribution in [-0.4, -0.2) is 31.1 Å². The van der Waals surface area contributed by atoms with Crippen LogP contribution in [0.5, 0.6) is 0 Å². The number of nitrogens with zero attached hydrogens (tertiary/aromatic N) is 1. The Balaban J connectivity index is 2.28. The van der Waals surface area contributed by atoms with Gasteiger partial charge in [-0.3, -0.25) is 0 Å². The lowest BCUT2D eigenvalue weighted by molar-refractivity contribution is 0.316. The molecule has 0 aliphatic carbocycles. The van der Waals surface area contributed by atoms with Crippen LogP contribution in [0.2, 0.25) is 0 Å². The number of benzene rings is 1. The predicted molar refractivity (Wildman–Crippen MR) is 70.4 cm³/mol. The Morgan fingerprint density at radius 1 is 1.13 bits per heavy atom. The van der Waals surface area contributed by atoms with Crippen molar-refractivity contribution in [3.05, 3.63) is 28.7 Å². The van der Waals surface area contributed by atoms with Crippen LogP contribution in [0, 0.1) is 0 Å². The molecule has 1 rings (SSSR count). The van der Waals surface area contributed by atoms with Gasteiger partial charge in [0, 0.05) is 23.2 Å². The van der Waals surface area contributed by atoms with Gasteiger partial charge in [-0.05, 0) is 37.4 Å². The maximum atomic E-state index is 3.42. The fourth-order valence-electron chi connectivity index (χ4n) is 1.47. The number of anilines is 1. The number of halogens is 1. The lowest BCUT2D eigenvalue weighted by Crippen LogP contribution is -2.28. The zero-order chi connectivity index (χ0) is 11.1. The summed E-state index contributed by atoms with van der Waals surface area (Å²) in [6.45, 7) is 8.75. The van der Waals surface area contributed by atoms with Crippen molar-refractivity contribution in [3.63, 3.8) is 0 Å². The van der Waals surface area contributed by atoms with E-state index >= 15 is 0 Å². The van der Waals surface area contributed by atoms with Gasteiger partial charge in [-0.25, -0.2) is 0 Å². The highest BCUT2D eigenvalue weighted by molar-refractivity contribution is 9.10. The molecule has 0 amide bonds. The third-order valence-electron chi connectivity index (χ3n) is 2.50. The molecule has 3 heteroatoms. The van der Waals surface area contributed by atoms with Gasteiger partial charge in [-0.1, -0.05) is 29.8 Å². The first-order chi connectivity index (χ1) is 7.26. The van der Waals surface area contributed by atoms with Crippen molar-refractivity contribution in [2.45, 2.75) is 13.8 Å². The minimum atomic E-state index is 1.00. The molecule has 2 nitrogen and oxygen atoms in total. The molecule has 0 aromatic heterocycles. The molecule has 0 bridgehead atoms. The highest BCUT2D eigenvalue weighted by Gasteiger charge is 1.97. The summed E-state index contributed by atoms with van der Waals surface area (Å²) in [7, 11) is 0. The van der Waals surface area contributed by atoms with Crippen LogP contribution in [0.25, 0.3) is 0 Å². The van der Waals surface area contributed by atoms with E-state index in [0.29, 0.717) is 0 Å². The summed E-state index contributed by atoms with van der Waals surface area (Å²) in [4.78, 5) is 2.41. The van der Waals surface area contributed by atoms with Crippen molar-refractivity contribution in [2.24, 2.45) is 0 Å². The van der Waals surface area contributed by atoms with Crippen molar-refractivity contribution in [1.29, 1.82) is 0 Å². The Kier molecular flexibility index (Phi) is 5.73. The van der Waals surface area contributed by atoms with E-state index in [1.54, 1.807) is 0 Å². The number of likely N-dealkylation sites (N-methyl/N-ethyl adjacent to an activating group) is 1. The van der Waals surface area contributed by atoms with E-state index in [9.17, 15) is 0 Å². The molecule has 0 spiro atoms. The summed E-state index contributed by atoms with van der Waals surface area (Å²) >= 11 is 3.42. The van der Waals surface area contributed by atoms with Crippen LogP contribution in [0.4, 0.5) is 5.69 Å². The Labute approximate surface area is 101 Å². The van der Waals surface area contributed by atoms with Crippen LogP contribution in [-0.2, 0) is 0 Å². The number of hydrogen-bond donors (Lipinski definition) is 1. The van der Waals surface area contributed by atoms with Gasteiger partial charge in [0.25, 0.3) is 0 Å². The third-order valence-corrected chi connectivity index (χ3v) is 3.02. The lowest BCUT2D eigenvalue weighted by atomic mass is 10.3. The van der Waals surface area contributed by atoms with Gasteiger partial charge in [0.2, 0.25) is 0 Å². The summed E-state index contributed by atoms with van der Waals surface area (Å²) in [6, 6.07) is 8.29. The molecule has 15 heavy (non-hydrogen) atoms. The van der Waals surface area contributed by atoms with Gasteiger partial charge < -0.3 is 10.2 Å². The molecule has 0 aliphatic rings. The smallest absolute Gasteiger partial charge is 0.0341 e. The fraction of sp³-hybridized carbons (Fsp3) is 0.500. The second-order valence-electron chi connectivity index (χ2n) is 3.46. The molecule has 0 aliphatic heterocycles. The first kappa shape index (κ1) is 12.5. The van der Waals surface area contributed by atoms with E-state index in [4.69, 9.17) is 0 Å². The molecule has 0 radical (unpaired) electrons. The molecule has 0 unspecified atom stereocenters. The van der Waals surface area contributed by atoms with Crippen LogP contribution in [0.1, 0.15) is 13.8 Å². The van der Waals surface area contributed by atoms with Crippen molar-refractivity contribution < 1.29 is 0 Å². The zero-order valence-electron chi connectivity index (χ0n) is 9.46. The van der Waals surface area contributed by atoms with Crippen molar-refractivity contribution in [2.75, 3.05) is 31.5 Å². The van der Waals surface area contributed by atoms with Gasteiger partial charge in [0.05, 0.1) is 0 Å². The molecule has 1 aromatic carbocycles. The number of nitrogens with one attached hydrogen (secondary N) is 1. The van der Waals surface area contributed by atoms with Crippen molar-refractivity contribution in [1.82, 2.24) is 4.90 Å². The fourth-order valence-corrected chi connectivity index (χ4v) is 1.73. The number of rotatable bonds is 6. The van der Waals surface area contributed by atoms with Gasteiger partial charge in [-0.2, -0.15) is 0 Å². The first-order valence-corrected chi connectivity index (χ1v) is 6.27. The monoisotopic (exact) mass is 270 g/mol. The Morgan fingerprint density at radius 3 is 2.27 bits per heavy atom. The minimum absolute atomic E-state index is 1.00. The summed E-state index contributed by atoms with van der Waals surface area (Å²) in [5.41, 5.74) is 1.19. The Morgan fingerprint density at radius 2 is 1.73 bits per heavy atom. The topological polar surface area (TPSA) is 15.3 Å². The standard InChI is InChI=1S/C12H19BrN2/c1-3-15(4-2)10-9-14-12-7-5-11(13)6-8-12/h5-8,14H,3-4,9-10H2,1-2H3. The molecular formula is C12H19BrN2. The second-order valence-corrected chi connectivity index (χ2v) is 4.38. The average molecular weight is 271 g/mol. The van der Waals surface area contributed by atoms with Crippen molar-refractivity contribution >= 4 is 21.6 Å². The molecule has 0 fully saturated rings. The maximum Gasteiger partial charge on any atom is 0.0341 e. The molecule has 1 N–H and O–H groups in total. The summed E-state index contributed by atoms with van der Waals surface area (Å²) < 4.78 is 1.12. The average Bonchev–Trinajstić information content (AvgIpc) is 2.27. The van der Waals surface area contributed by atoms with E-state index in [1.807, 2.05) is 0 Å². The molecule has 0 atom stereocenters. The molecule has 1 aromatic rings. The molecule has 0 saturated heterocycles. The van der Waals surface area contributed by atoms with Crippen LogP contribution in [0.3, 0.4) is 0 Å². The molecule has 0 heterocycles. The lowest BCUT2D eigenvalue weighted by Gasteiger charge is -2.18. The largest absolute Gasteiger partial charge is 0.384 e. The highest BCUT2D eigenvalue weighted by Crippen LogP contribution is 2.13. The van der Waals surface area contributed by atoms with Crippen LogP contribution >= 0.6 is 15.9 Å². The SMILES string of the molecule is CCN(CC)CCNc1ccc(Br)cc1. The Hall–Kier alpha value is -0.540. The van der Waals surface area contributed by atoms with E-state index in [-0.39, 0.29) is 0 Å². The predicted octanol–water partition coefficient (Wildman–Crippen LogP) is 3.20. The van der Waals surface area contributed by atoms with E-state index < -0.39 is 0 Å². The van der Waals surface area contributed by atoms with Gasteiger partial charge in [-0.15, -0.1) is 0 Å². The van der Waals surface area contributed by atoms with Crippen molar-refractivity contribution in [3.8, 4) is 0 Å². The number of hydrogen-bond acceptors (Lipinski definition) is 2. The van der Waals surface area contributed by atoms with Gasteiger partial charge in [0.15, 0.2) is 0 Å². The molecule has 0 saturated carbocycles. The van der Waals surface area contributed by atoms with Gasteiger partial charge >= 0.3 is 0 Å². The van der Waals surface area contributed by atoms with Gasteiger partial charge in [0.1, 0.15) is 0 Å². The Bertz CT molecular complexity index is 267. The molecular weight excluding hydrogens is 252 g/mol. The van der Waals surface area contributed by atoms with E-state index in [2.05, 4.69) is 64.3 Å². The summed E-state index contributed by atoms with van der Waals surface area (Å²) in [5, 5.41) is 3.41. The summed E-state index contributed by atoms with van der Waals surface area (Å²) in [6.07, 6.45) is 0. The van der Waals surface area contributed by atoms with Crippen LogP contribution in [0.15, 0.2) is 28.7 Å². The quantitative estimate of drug-likeness (QED) is 0.854. The van der Waals surface area contributed by atoms with E-state index in [0.717, 1.165) is 30.7 Å². The zero-order valence-corrected chi connectivity index (χ0v) is 11.0. The third kappa shape index (κ3) is 4.67. The normalized spacial score (nSPS) is 10.7.